The van der Waals surface area contributed by atoms with Crippen molar-refractivity contribution in [3.8, 4) is 0 Å². The first-order chi connectivity index (χ1) is 10.5. The summed E-state index contributed by atoms with van der Waals surface area (Å²) in [6, 6.07) is 11.1. The molecule has 0 radical (unpaired) electrons. The Morgan fingerprint density at radius 3 is 2.59 bits per heavy atom. The summed E-state index contributed by atoms with van der Waals surface area (Å²) in [7, 11) is 0. The number of Topliss-reactive ketones (excluding diaryl/α,β-unsaturated/α-hetero) is 1. The van der Waals surface area contributed by atoms with Crippen molar-refractivity contribution in [1.82, 2.24) is 0 Å². The molecule has 2 aromatic rings. The van der Waals surface area contributed by atoms with E-state index in [-0.39, 0.29) is 24.1 Å². The number of halogens is 1. The lowest BCUT2D eigenvalue weighted by molar-refractivity contribution is -0.114. The van der Waals surface area contributed by atoms with Crippen LogP contribution in [0.25, 0.3) is 0 Å². The van der Waals surface area contributed by atoms with Gasteiger partial charge < -0.3 is 10.6 Å². The Morgan fingerprint density at radius 2 is 1.91 bits per heavy atom. The second-order valence-corrected chi connectivity index (χ2v) is 5.00. The maximum atomic E-state index is 13.0. The predicted molar refractivity (Wildman–Crippen MR) is 84.7 cm³/mol. The minimum absolute atomic E-state index is 0.0524. The van der Waals surface area contributed by atoms with Crippen molar-refractivity contribution >= 4 is 23.1 Å². The molecule has 2 N–H and O–H groups in total. The van der Waals surface area contributed by atoms with Crippen molar-refractivity contribution in [1.29, 1.82) is 0 Å². The van der Waals surface area contributed by atoms with Gasteiger partial charge in [-0.2, -0.15) is 0 Å². The quantitative estimate of drug-likeness (QED) is 0.832. The number of amides is 1. The molecule has 0 bridgehead atoms. The van der Waals surface area contributed by atoms with Gasteiger partial charge in [-0.15, -0.1) is 0 Å². The Balaban J connectivity index is 1.95. The van der Waals surface area contributed by atoms with Gasteiger partial charge in [0.25, 0.3) is 0 Å². The third-order valence-electron chi connectivity index (χ3n) is 3.18. The second-order valence-electron chi connectivity index (χ2n) is 5.00. The summed E-state index contributed by atoms with van der Waals surface area (Å²) in [5.74, 6) is -0.617. The van der Waals surface area contributed by atoms with Gasteiger partial charge in [0.1, 0.15) is 5.82 Å². The van der Waals surface area contributed by atoms with E-state index < -0.39 is 0 Å². The smallest absolute Gasteiger partial charge is 0.243 e. The monoisotopic (exact) mass is 300 g/mol. The van der Waals surface area contributed by atoms with Crippen LogP contribution in [-0.2, 0) is 4.79 Å². The fourth-order valence-corrected chi connectivity index (χ4v) is 2.02. The Labute approximate surface area is 128 Å². The van der Waals surface area contributed by atoms with Gasteiger partial charge in [0.2, 0.25) is 5.91 Å². The lowest BCUT2D eigenvalue weighted by atomic mass is 10.1. The van der Waals surface area contributed by atoms with Crippen molar-refractivity contribution in [2.75, 3.05) is 17.2 Å². The highest BCUT2D eigenvalue weighted by Gasteiger charge is 2.06. The van der Waals surface area contributed by atoms with Crippen molar-refractivity contribution < 1.29 is 14.0 Å². The molecule has 0 spiro atoms. The normalized spacial score (nSPS) is 10.1. The van der Waals surface area contributed by atoms with Crippen LogP contribution >= 0.6 is 0 Å². The van der Waals surface area contributed by atoms with Crippen molar-refractivity contribution in [3.63, 3.8) is 0 Å². The largest absolute Gasteiger partial charge is 0.376 e. The molecule has 0 aliphatic rings. The molecule has 0 aromatic heterocycles. The fourth-order valence-electron chi connectivity index (χ4n) is 2.02. The molecule has 0 aliphatic carbocycles. The maximum Gasteiger partial charge on any atom is 0.243 e. The molecule has 0 atom stereocenters. The molecule has 1 amide bonds. The van der Waals surface area contributed by atoms with Gasteiger partial charge in [0.15, 0.2) is 5.78 Å². The molecule has 0 saturated heterocycles. The van der Waals surface area contributed by atoms with E-state index in [0.717, 1.165) is 5.56 Å². The highest BCUT2D eigenvalue weighted by atomic mass is 19.1. The van der Waals surface area contributed by atoms with E-state index in [9.17, 15) is 14.0 Å². The number of benzene rings is 2. The van der Waals surface area contributed by atoms with Crippen molar-refractivity contribution in [2.24, 2.45) is 0 Å². The first-order valence-electron chi connectivity index (χ1n) is 6.86. The SMILES string of the molecule is CC(=O)c1cccc(NC(=O)CNc2ccc(F)cc2C)c1. The van der Waals surface area contributed by atoms with E-state index in [2.05, 4.69) is 10.6 Å². The van der Waals surface area contributed by atoms with E-state index in [1.54, 1.807) is 37.3 Å². The van der Waals surface area contributed by atoms with Gasteiger partial charge in [-0.25, -0.2) is 4.39 Å². The molecule has 0 saturated carbocycles. The maximum absolute atomic E-state index is 13.0. The van der Waals surface area contributed by atoms with E-state index >= 15 is 0 Å². The van der Waals surface area contributed by atoms with Crippen LogP contribution in [0.1, 0.15) is 22.8 Å². The number of nitrogens with one attached hydrogen (secondary N) is 2. The Hall–Kier alpha value is -2.69. The minimum atomic E-state index is -0.312. The molecule has 22 heavy (non-hydrogen) atoms. The Bertz CT molecular complexity index is 714. The van der Waals surface area contributed by atoms with E-state index in [1.165, 1.54) is 19.1 Å². The molecule has 2 rings (SSSR count). The molecule has 2 aromatic carbocycles. The predicted octanol–water partition coefficient (Wildman–Crippen LogP) is 3.39. The van der Waals surface area contributed by atoms with Crippen LogP contribution in [0.5, 0.6) is 0 Å². The summed E-state index contributed by atoms with van der Waals surface area (Å²) in [6.07, 6.45) is 0. The number of hydrogen-bond donors (Lipinski definition) is 2. The van der Waals surface area contributed by atoms with Crippen LogP contribution in [0.3, 0.4) is 0 Å². The van der Waals surface area contributed by atoms with Crippen LogP contribution in [0.4, 0.5) is 15.8 Å². The Morgan fingerprint density at radius 1 is 1.14 bits per heavy atom. The number of hydrogen-bond acceptors (Lipinski definition) is 3. The van der Waals surface area contributed by atoms with Crippen LogP contribution in [-0.4, -0.2) is 18.2 Å². The standard InChI is InChI=1S/C17H17FN2O2/c1-11-8-14(18)6-7-16(11)19-10-17(22)20-15-5-3-4-13(9-15)12(2)21/h3-9,19H,10H2,1-2H3,(H,20,22). The molecule has 114 valence electrons. The van der Waals surface area contributed by atoms with Gasteiger partial charge in [-0.1, -0.05) is 12.1 Å². The zero-order valence-electron chi connectivity index (χ0n) is 12.4. The molecule has 0 aliphatic heterocycles. The summed E-state index contributed by atoms with van der Waals surface area (Å²) in [4.78, 5) is 23.2. The topological polar surface area (TPSA) is 58.2 Å². The van der Waals surface area contributed by atoms with Gasteiger partial charge in [0, 0.05) is 16.9 Å². The molecular weight excluding hydrogens is 283 g/mol. The van der Waals surface area contributed by atoms with Crippen LogP contribution in [0.2, 0.25) is 0 Å². The fraction of sp³-hybridized carbons (Fsp3) is 0.176. The number of aryl methyl sites for hydroxylation is 1. The zero-order valence-corrected chi connectivity index (χ0v) is 12.4. The minimum Gasteiger partial charge on any atom is -0.376 e. The van der Waals surface area contributed by atoms with Crippen LogP contribution in [0.15, 0.2) is 42.5 Å². The van der Waals surface area contributed by atoms with Crippen LogP contribution < -0.4 is 10.6 Å². The summed E-state index contributed by atoms with van der Waals surface area (Å²) in [5, 5.41) is 5.66. The number of carbonyl (C=O) groups excluding carboxylic acids is 2. The molecule has 5 heteroatoms. The average molecular weight is 300 g/mol. The first kappa shape index (κ1) is 15.7. The van der Waals surface area contributed by atoms with Gasteiger partial charge in [0.05, 0.1) is 6.54 Å². The third kappa shape index (κ3) is 4.15. The summed E-state index contributed by atoms with van der Waals surface area (Å²) < 4.78 is 13.0. The number of ketones is 1. The summed E-state index contributed by atoms with van der Waals surface area (Å²) in [5.41, 5.74) is 2.54. The third-order valence-corrected chi connectivity index (χ3v) is 3.18. The molecule has 0 heterocycles. The zero-order chi connectivity index (χ0) is 16.1. The first-order valence-corrected chi connectivity index (χ1v) is 6.86. The molecule has 4 nitrogen and oxygen atoms in total. The van der Waals surface area contributed by atoms with E-state index in [0.29, 0.717) is 16.9 Å². The highest BCUT2D eigenvalue weighted by molar-refractivity contribution is 5.98. The highest BCUT2D eigenvalue weighted by Crippen LogP contribution is 2.15. The summed E-state index contributed by atoms with van der Waals surface area (Å²) >= 11 is 0. The summed E-state index contributed by atoms with van der Waals surface area (Å²) in [6.45, 7) is 3.29. The van der Waals surface area contributed by atoms with Gasteiger partial charge in [-0.05, 0) is 49.7 Å². The van der Waals surface area contributed by atoms with Gasteiger partial charge >= 0.3 is 0 Å². The number of rotatable bonds is 5. The molecule has 0 unspecified atom stereocenters. The van der Waals surface area contributed by atoms with E-state index in [4.69, 9.17) is 0 Å². The Kier molecular flexibility index (Phi) is 4.88. The number of carbonyl (C=O) groups is 2. The lowest BCUT2D eigenvalue weighted by Gasteiger charge is -2.10. The average Bonchev–Trinajstić information content (AvgIpc) is 2.46. The second kappa shape index (κ2) is 6.85. The van der Waals surface area contributed by atoms with Crippen molar-refractivity contribution in [3.05, 3.63) is 59.4 Å². The van der Waals surface area contributed by atoms with Gasteiger partial charge in [-0.3, -0.25) is 9.59 Å². The lowest BCUT2D eigenvalue weighted by Crippen LogP contribution is -2.22. The van der Waals surface area contributed by atoms with E-state index in [1.807, 2.05) is 0 Å². The number of anilines is 2. The molecule has 0 fully saturated rings. The van der Waals surface area contributed by atoms with Crippen LogP contribution in [0, 0.1) is 12.7 Å². The van der Waals surface area contributed by atoms with Crippen molar-refractivity contribution in [2.45, 2.75) is 13.8 Å². The molecular formula is C17H17FN2O2.